The van der Waals surface area contributed by atoms with E-state index in [1.165, 1.54) is 16.7 Å². The molecule has 0 spiro atoms. The lowest BCUT2D eigenvalue weighted by Crippen LogP contribution is -2.63. The Morgan fingerprint density at radius 2 is 1.53 bits per heavy atom. The van der Waals surface area contributed by atoms with Crippen molar-refractivity contribution in [1.29, 1.82) is 0 Å². The third kappa shape index (κ3) is 4.62. The molecule has 2 amide bonds. The maximum Gasteiger partial charge on any atom is 0.261 e. The first-order chi connectivity index (χ1) is 17.6. The molecular weight excluding hydrogens is 476 g/mol. The Labute approximate surface area is 212 Å². The van der Waals surface area contributed by atoms with Crippen LogP contribution in [0, 0.1) is 0 Å². The molecule has 0 saturated carbocycles. The second kappa shape index (κ2) is 10.6. The number of hydrogen-bond acceptors (Lipinski definition) is 6. The van der Waals surface area contributed by atoms with Crippen LogP contribution in [0.2, 0.25) is 0 Å². The van der Waals surface area contributed by atoms with E-state index in [4.69, 9.17) is 9.47 Å². The number of hydrogen-bond donors (Lipinski definition) is 0. The molecule has 0 unspecified atom stereocenters. The highest BCUT2D eigenvalue weighted by Crippen LogP contribution is 2.40. The number of thioether (sulfide) groups is 1. The van der Waals surface area contributed by atoms with Gasteiger partial charge in [-0.25, -0.2) is 0 Å². The molecule has 9 heteroatoms. The van der Waals surface area contributed by atoms with E-state index in [2.05, 4.69) is 10.0 Å². The number of carbonyl (C=O) groups is 2. The summed E-state index contributed by atoms with van der Waals surface area (Å²) < 4.78 is 12.7. The van der Waals surface area contributed by atoms with Crippen LogP contribution in [-0.4, -0.2) is 46.4 Å². The fourth-order valence-electron chi connectivity index (χ4n) is 4.71. The molecule has 36 heavy (non-hydrogen) atoms. The van der Waals surface area contributed by atoms with E-state index in [-0.39, 0.29) is 6.61 Å². The van der Waals surface area contributed by atoms with E-state index in [9.17, 15) is 15.1 Å². The molecular formula is C27H24N4O4S. The lowest BCUT2D eigenvalue weighted by atomic mass is 9.94. The zero-order valence-electron chi connectivity index (χ0n) is 19.5. The quantitative estimate of drug-likeness (QED) is 0.186. The number of fused-ring (bicyclic) bond motifs is 1. The van der Waals surface area contributed by atoms with Gasteiger partial charge in [-0.1, -0.05) is 77.5 Å². The average molecular weight is 501 g/mol. The number of nitrogens with zero attached hydrogens (tertiary/aromatic N) is 4. The van der Waals surface area contributed by atoms with Crippen LogP contribution in [0.3, 0.4) is 0 Å². The van der Waals surface area contributed by atoms with Crippen LogP contribution in [0.4, 0.5) is 0 Å². The molecule has 0 aromatic heterocycles. The minimum Gasteiger partial charge on any atom is -0.371 e. The number of rotatable bonds is 7. The third-order valence-corrected chi connectivity index (χ3v) is 7.54. The van der Waals surface area contributed by atoms with Gasteiger partial charge >= 0.3 is 0 Å². The third-order valence-electron chi connectivity index (χ3n) is 6.37. The molecule has 0 aliphatic carbocycles. The zero-order chi connectivity index (χ0) is 25.1. The van der Waals surface area contributed by atoms with Crippen LogP contribution in [-0.2, 0) is 16.1 Å². The molecule has 1 fully saturated rings. The van der Waals surface area contributed by atoms with Gasteiger partial charge in [-0.2, -0.15) is 0 Å². The minimum atomic E-state index is -0.797. The Balaban J connectivity index is 1.52. The summed E-state index contributed by atoms with van der Waals surface area (Å²) in [6.07, 6.45) is -1.35. The van der Waals surface area contributed by atoms with Crippen LogP contribution in [0.25, 0.3) is 10.4 Å². The van der Waals surface area contributed by atoms with E-state index in [1.807, 2.05) is 67.6 Å². The van der Waals surface area contributed by atoms with E-state index < -0.39 is 41.5 Å². The van der Waals surface area contributed by atoms with E-state index in [0.717, 1.165) is 10.5 Å². The number of ether oxygens (including phenoxy) is 2. The maximum absolute atomic E-state index is 13.4. The van der Waals surface area contributed by atoms with Crippen molar-refractivity contribution >= 4 is 23.6 Å². The summed E-state index contributed by atoms with van der Waals surface area (Å²) >= 11 is 1.42. The van der Waals surface area contributed by atoms with Crippen LogP contribution in [0.5, 0.6) is 0 Å². The van der Waals surface area contributed by atoms with Crippen LogP contribution < -0.4 is 0 Å². The maximum atomic E-state index is 13.4. The van der Waals surface area contributed by atoms with Gasteiger partial charge in [0.15, 0.2) is 0 Å². The molecule has 1 saturated heterocycles. The van der Waals surface area contributed by atoms with Crippen molar-refractivity contribution in [3.05, 3.63) is 112 Å². The molecule has 2 aliphatic heterocycles. The number of amides is 2. The molecule has 3 aromatic rings. The van der Waals surface area contributed by atoms with E-state index in [0.29, 0.717) is 11.1 Å². The van der Waals surface area contributed by atoms with Crippen molar-refractivity contribution in [3.63, 3.8) is 0 Å². The summed E-state index contributed by atoms with van der Waals surface area (Å²) in [6, 6.07) is 24.4. The normalized spacial score (nSPS) is 25.4. The summed E-state index contributed by atoms with van der Waals surface area (Å²) in [7, 11) is 0. The van der Waals surface area contributed by atoms with Gasteiger partial charge in [0.2, 0.25) is 0 Å². The number of benzene rings is 3. The first-order valence-electron chi connectivity index (χ1n) is 11.6. The Morgan fingerprint density at radius 1 is 0.944 bits per heavy atom. The second-order valence-corrected chi connectivity index (χ2v) is 9.79. The number of azide groups is 1. The molecule has 0 N–H and O–H groups in total. The smallest absolute Gasteiger partial charge is 0.261 e. The van der Waals surface area contributed by atoms with Crippen LogP contribution >= 0.6 is 11.8 Å². The highest BCUT2D eigenvalue weighted by molar-refractivity contribution is 7.99. The molecule has 3 aromatic carbocycles. The number of imide groups is 1. The molecule has 5 rings (SSSR count). The molecule has 5 atom stereocenters. The van der Waals surface area contributed by atoms with Crippen LogP contribution in [0.1, 0.15) is 33.2 Å². The molecule has 8 nitrogen and oxygen atoms in total. The fraction of sp³-hybridized carbons (Fsp3) is 0.259. The fourth-order valence-corrected chi connectivity index (χ4v) is 5.87. The monoisotopic (exact) mass is 500 g/mol. The average Bonchev–Trinajstić information content (AvgIpc) is 3.15. The summed E-state index contributed by atoms with van der Waals surface area (Å²) in [5.74, 6) is -0.809. The van der Waals surface area contributed by atoms with Gasteiger partial charge in [-0.05, 0) is 42.3 Å². The Kier molecular flexibility index (Phi) is 7.06. The summed E-state index contributed by atoms with van der Waals surface area (Å²) in [6.45, 7) is 2.04. The number of carbonyl (C=O) groups excluding carboxylic acids is 2. The minimum absolute atomic E-state index is 0.220. The van der Waals surface area contributed by atoms with Gasteiger partial charge in [0.25, 0.3) is 11.8 Å². The van der Waals surface area contributed by atoms with Gasteiger partial charge in [0, 0.05) is 9.81 Å². The van der Waals surface area contributed by atoms with Crippen molar-refractivity contribution in [2.24, 2.45) is 5.11 Å². The first kappa shape index (κ1) is 24.1. The zero-order valence-corrected chi connectivity index (χ0v) is 20.3. The largest absolute Gasteiger partial charge is 0.371 e. The van der Waals surface area contributed by atoms with E-state index >= 15 is 0 Å². The van der Waals surface area contributed by atoms with Crippen molar-refractivity contribution in [3.8, 4) is 0 Å². The van der Waals surface area contributed by atoms with Gasteiger partial charge in [-0.15, -0.1) is 0 Å². The van der Waals surface area contributed by atoms with Crippen molar-refractivity contribution in [2.45, 2.75) is 48.2 Å². The molecule has 2 heterocycles. The predicted octanol–water partition coefficient (Wildman–Crippen LogP) is 5.45. The summed E-state index contributed by atoms with van der Waals surface area (Å²) in [5.41, 5.74) is 10.5. The second-order valence-electron chi connectivity index (χ2n) is 8.61. The SMILES string of the molecule is C[C@H]1O[C@@H](Sc2ccccc2)[C@H](N=[N+]=[N-])[C@@H](OCc2ccccc2)[C@H]1N1C(=O)c2ccccc2C1=O. The summed E-state index contributed by atoms with van der Waals surface area (Å²) in [5, 5.41) is 4.07. The highest BCUT2D eigenvalue weighted by Gasteiger charge is 2.53. The molecule has 182 valence electrons. The van der Waals surface area contributed by atoms with Crippen molar-refractivity contribution < 1.29 is 19.1 Å². The molecule has 0 bridgehead atoms. The van der Waals surface area contributed by atoms with Crippen molar-refractivity contribution in [1.82, 2.24) is 4.90 Å². The van der Waals surface area contributed by atoms with Gasteiger partial charge in [0.1, 0.15) is 11.5 Å². The summed E-state index contributed by atoms with van der Waals surface area (Å²) in [4.78, 5) is 32.0. The van der Waals surface area contributed by atoms with Gasteiger partial charge in [0.05, 0.1) is 36.0 Å². The van der Waals surface area contributed by atoms with Gasteiger partial charge < -0.3 is 9.47 Å². The lowest BCUT2D eigenvalue weighted by Gasteiger charge is -2.46. The van der Waals surface area contributed by atoms with Crippen LogP contribution in [0.15, 0.2) is 94.9 Å². The Hall–Kier alpha value is -3.62. The standard InChI is InChI=1S/C27H24N4O4S/c1-17-23(31-25(32)20-14-8-9-15-21(20)26(31)33)24(34-16-18-10-4-2-5-11-18)22(29-30-28)27(35-17)36-19-12-6-3-7-13-19/h2-15,17,22-24,27H,16H2,1H3/t17-,22-,23+,24-,27+/m1/s1. The Morgan fingerprint density at radius 3 is 2.14 bits per heavy atom. The predicted molar refractivity (Wildman–Crippen MR) is 135 cm³/mol. The van der Waals surface area contributed by atoms with Gasteiger partial charge in [-0.3, -0.25) is 14.5 Å². The first-order valence-corrected chi connectivity index (χ1v) is 12.5. The lowest BCUT2D eigenvalue weighted by molar-refractivity contribution is -0.135. The Bertz CT molecular complexity index is 1260. The van der Waals surface area contributed by atoms with E-state index in [1.54, 1.807) is 24.3 Å². The van der Waals surface area contributed by atoms with Crippen molar-refractivity contribution in [2.75, 3.05) is 0 Å². The topological polar surface area (TPSA) is 105 Å². The molecule has 0 radical (unpaired) electrons. The molecule has 2 aliphatic rings. The highest BCUT2D eigenvalue weighted by atomic mass is 32.2.